The van der Waals surface area contributed by atoms with E-state index in [0.717, 1.165) is 5.56 Å². The lowest BCUT2D eigenvalue weighted by atomic mass is 10.2. The first-order chi connectivity index (χ1) is 7.34. The third kappa shape index (κ3) is 3.36. The molecule has 0 spiro atoms. The third-order valence-corrected chi connectivity index (χ3v) is 3.36. The highest BCUT2D eigenvalue weighted by atomic mass is 32.2. The monoisotopic (exact) mass is 229 g/mol. The lowest BCUT2D eigenvalue weighted by molar-refractivity contribution is -0.136. The predicted octanol–water partition coefficient (Wildman–Crippen LogP) is 1.24. The molecule has 1 N–H and O–H groups in total. The van der Waals surface area contributed by atoms with E-state index in [1.54, 1.807) is 12.1 Å². The van der Waals surface area contributed by atoms with Crippen molar-refractivity contribution in [3.8, 4) is 0 Å². The van der Waals surface area contributed by atoms with Gasteiger partial charge >= 0.3 is 5.97 Å². The molecular formula is C10H12O4S. The number of benzene rings is 1. The summed E-state index contributed by atoms with van der Waals surface area (Å²) in [5, 5.41) is 8.45. The van der Waals surface area contributed by atoms with Gasteiger partial charge in [-0.25, -0.2) is 8.42 Å². The number of hydrogen-bond donors (Lipinski definition) is 1. The van der Waals surface area contributed by atoms with Crippen LogP contribution in [-0.2, 0) is 14.6 Å². The van der Waals surface area contributed by atoms with Gasteiger partial charge in [-0.3, -0.25) is 4.79 Å². The lowest BCUT2D eigenvalue weighted by Crippen LogP contribution is -2.10. The second-order valence-electron chi connectivity index (χ2n) is 3.12. The average molecular weight is 229 g/mol. The van der Waals surface area contributed by atoms with Gasteiger partial charge in [0.2, 0.25) is 0 Å². The van der Waals surface area contributed by atoms with Crippen LogP contribution in [0.1, 0.15) is 13.4 Å². The van der Waals surface area contributed by atoms with Crippen LogP contribution in [0.5, 0.6) is 0 Å². The van der Waals surface area contributed by atoms with E-state index in [2.05, 4.69) is 0 Å². The Morgan fingerprint density at radius 1 is 1.40 bits per heavy atom. The molecule has 0 saturated heterocycles. The fraction of sp³-hybridized carbons (Fsp3) is 0.300. The summed E-state index contributed by atoms with van der Waals surface area (Å²) in [6.45, 7) is 1.81. The summed E-state index contributed by atoms with van der Waals surface area (Å²) in [5.74, 6) is -1.30. The van der Waals surface area contributed by atoms with Crippen molar-refractivity contribution < 1.29 is 19.7 Å². The first kappa shape index (κ1) is 10.2. The normalized spacial score (nSPS) is 14.3. The molecule has 0 heterocycles. The van der Waals surface area contributed by atoms with E-state index in [-0.39, 0.29) is 4.90 Å². The Hall–Kier alpha value is -1.36. The number of aliphatic carboxylic acids is 1. The van der Waals surface area contributed by atoms with Gasteiger partial charge in [0.05, 0.1) is 17.0 Å². The standard InChI is InChI=1S/C10H12O4S/c1-8-2-4-9(5-3-8)15(13,14)7-6-10(11)12/h2-5H,6-7H2,1H3,(H,11,12)/i7D. The smallest absolute Gasteiger partial charge is 0.304 e. The van der Waals surface area contributed by atoms with Crippen LogP contribution in [0.3, 0.4) is 0 Å². The summed E-state index contributed by atoms with van der Waals surface area (Å²) in [6, 6.07) is 5.99. The average Bonchev–Trinajstić information content (AvgIpc) is 2.17. The van der Waals surface area contributed by atoms with Crippen LogP contribution >= 0.6 is 0 Å². The van der Waals surface area contributed by atoms with Crippen molar-refractivity contribution in [2.24, 2.45) is 0 Å². The van der Waals surface area contributed by atoms with Gasteiger partial charge in [0, 0.05) is 1.37 Å². The molecule has 0 aliphatic heterocycles. The molecule has 0 saturated carbocycles. The van der Waals surface area contributed by atoms with E-state index in [4.69, 9.17) is 6.48 Å². The van der Waals surface area contributed by atoms with Gasteiger partial charge in [-0.2, -0.15) is 0 Å². The van der Waals surface area contributed by atoms with E-state index in [9.17, 15) is 13.2 Å². The number of sulfone groups is 1. The van der Waals surface area contributed by atoms with Gasteiger partial charge in [-0.1, -0.05) is 17.7 Å². The molecule has 1 aromatic carbocycles. The molecule has 0 aromatic heterocycles. The highest BCUT2D eigenvalue weighted by Crippen LogP contribution is 2.12. The number of hydrogen-bond acceptors (Lipinski definition) is 3. The van der Waals surface area contributed by atoms with E-state index in [1.165, 1.54) is 12.1 Å². The van der Waals surface area contributed by atoms with Crippen LogP contribution < -0.4 is 0 Å². The highest BCUT2D eigenvalue weighted by Gasteiger charge is 2.15. The molecule has 0 amide bonds. The summed E-state index contributed by atoms with van der Waals surface area (Å²) in [5.41, 5.74) is -0.758. The fourth-order valence-electron chi connectivity index (χ4n) is 1.01. The predicted molar refractivity (Wildman–Crippen MR) is 55.5 cm³/mol. The molecule has 1 aromatic rings. The zero-order valence-corrected chi connectivity index (χ0v) is 8.99. The molecule has 15 heavy (non-hydrogen) atoms. The van der Waals surface area contributed by atoms with E-state index >= 15 is 0 Å². The number of carboxylic acids is 1. The Balaban J connectivity index is 3.02. The lowest BCUT2D eigenvalue weighted by Gasteiger charge is -2.02. The Bertz CT molecular complexity index is 478. The Labute approximate surface area is 89.9 Å². The largest absolute Gasteiger partial charge is 0.481 e. The molecule has 82 valence electrons. The second-order valence-corrected chi connectivity index (χ2v) is 5.02. The van der Waals surface area contributed by atoms with Gasteiger partial charge in [0.25, 0.3) is 0 Å². The minimum Gasteiger partial charge on any atom is -0.481 e. The van der Waals surface area contributed by atoms with Crippen LogP contribution in [0.25, 0.3) is 0 Å². The number of rotatable bonds is 4. The Morgan fingerprint density at radius 3 is 2.40 bits per heavy atom. The van der Waals surface area contributed by atoms with E-state index in [1.807, 2.05) is 6.92 Å². The number of carboxylic acid groups (broad SMARTS) is 1. The summed E-state index contributed by atoms with van der Waals surface area (Å²) in [4.78, 5) is 10.3. The molecule has 1 unspecified atom stereocenters. The quantitative estimate of drug-likeness (QED) is 0.843. The topological polar surface area (TPSA) is 71.4 Å². The molecule has 0 radical (unpaired) electrons. The molecule has 5 heteroatoms. The first-order valence-electron chi connectivity index (χ1n) is 4.86. The number of aryl methyl sites for hydroxylation is 1. The molecule has 1 atom stereocenters. The number of carbonyl (C=O) groups is 1. The molecular weight excluding hydrogens is 216 g/mol. The van der Waals surface area contributed by atoms with Gasteiger partial charge in [0.15, 0.2) is 9.84 Å². The van der Waals surface area contributed by atoms with Crippen LogP contribution in [0, 0.1) is 6.92 Å². The van der Waals surface area contributed by atoms with Crippen molar-refractivity contribution in [2.45, 2.75) is 18.2 Å². The summed E-state index contributed by atoms with van der Waals surface area (Å²) in [6.07, 6.45) is -0.712. The molecule has 0 bridgehead atoms. The molecule has 0 aliphatic carbocycles. The zero-order chi connectivity index (χ0) is 12.3. The minimum absolute atomic E-state index is 0.0145. The highest BCUT2D eigenvalue weighted by molar-refractivity contribution is 7.91. The van der Waals surface area contributed by atoms with Crippen LogP contribution in [0.2, 0.25) is 0 Å². The Kier molecular flexibility index (Phi) is 3.01. The maximum Gasteiger partial charge on any atom is 0.304 e. The summed E-state index contributed by atoms with van der Waals surface area (Å²) >= 11 is 0. The Morgan fingerprint density at radius 2 is 1.93 bits per heavy atom. The van der Waals surface area contributed by atoms with Gasteiger partial charge in [-0.05, 0) is 19.1 Å². The maximum atomic E-state index is 11.7. The van der Waals surface area contributed by atoms with Crippen LogP contribution in [0.4, 0.5) is 0 Å². The van der Waals surface area contributed by atoms with Crippen LogP contribution in [-0.4, -0.2) is 25.2 Å². The van der Waals surface area contributed by atoms with Crippen molar-refractivity contribution in [3.63, 3.8) is 0 Å². The van der Waals surface area contributed by atoms with Crippen molar-refractivity contribution in [1.82, 2.24) is 0 Å². The zero-order valence-electron chi connectivity index (χ0n) is 9.17. The van der Waals surface area contributed by atoms with E-state index in [0.29, 0.717) is 0 Å². The maximum absolute atomic E-state index is 11.7. The van der Waals surface area contributed by atoms with Gasteiger partial charge in [-0.15, -0.1) is 0 Å². The molecule has 4 nitrogen and oxygen atoms in total. The summed E-state index contributed by atoms with van der Waals surface area (Å²) < 4.78 is 30.8. The molecule has 1 rings (SSSR count). The SMILES string of the molecule is [2H]C(CC(=O)O)S(=O)(=O)c1ccc(C)cc1. The fourth-order valence-corrected chi connectivity index (χ4v) is 2.08. The summed E-state index contributed by atoms with van der Waals surface area (Å²) in [7, 11) is -3.86. The van der Waals surface area contributed by atoms with Crippen molar-refractivity contribution in [2.75, 3.05) is 5.73 Å². The van der Waals surface area contributed by atoms with Crippen molar-refractivity contribution in [3.05, 3.63) is 29.8 Å². The molecule has 0 aliphatic rings. The first-order valence-corrected chi connectivity index (χ1v) is 5.83. The second kappa shape index (κ2) is 4.44. The van der Waals surface area contributed by atoms with Crippen molar-refractivity contribution >= 4 is 15.8 Å². The minimum atomic E-state index is -3.86. The third-order valence-electron chi connectivity index (χ3n) is 1.83. The van der Waals surface area contributed by atoms with Gasteiger partial charge < -0.3 is 5.11 Å². The van der Waals surface area contributed by atoms with Crippen LogP contribution in [0.15, 0.2) is 29.2 Å². The van der Waals surface area contributed by atoms with Gasteiger partial charge in [0.1, 0.15) is 0 Å². The molecule has 0 fully saturated rings. The van der Waals surface area contributed by atoms with E-state index < -0.39 is 28.0 Å². The van der Waals surface area contributed by atoms with Crippen molar-refractivity contribution in [1.29, 1.82) is 0 Å².